The van der Waals surface area contributed by atoms with Gasteiger partial charge in [-0.05, 0) is 77.6 Å². The second kappa shape index (κ2) is 22.0. The van der Waals surface area contributed by atoms with E-state index in [9.17, 15) is 38.4 Å². The SMILES string of the molecule is CC(=O)NC(CC(C)C)C(=O)NC(=Cc1cc(OC(C)=O)c(OC(C)=O)c(OC(C)=O)c1)C(=O)NC(Cc1c[nH]c2cc(Br)ccc12)C(=O)NC=Cc1ccc(OC(C)=O)cc1. The van der Waals surface area contributed by atoms with Gasteiger partial charge in [0, 0.05) is 68.8 Å². The summed E-state index contributed by atoms with van der Waals surface area (Å²) in [5, 5.41) is 11.3. The fourth-order valence-electron chi connectivity index (χ4n) is 6.01. The number of nitrogens with one attached hydrogen (secondary N) is 5. The zero-order chi connectivity index (χ0) is 45.7. The number of aromatic amines is 1. The van der Waals surface area contributed by atoms with Gasteiger partial charge >= 0.3 is 23.9 Å². The van der Waals surface area contributed by atoms with Crippen LogP contribution in [0.25, 0.3) is 23.1 Å². The lowest BCUT2D eigenvalue weighted by molar-refractivity contribution is -0.135. The van der Waals surface area contributed by atoms with Crippen molar-refractivity contribution in [3.8, 4) is 23.0 Å². The number of benzene rings is 3. The van der Waals surface area contributed by atoms with E-state index in [1.165, 1.54) is 32.2 Å². The molecule has 62 heavy (non-hydrogen) atoms. The first kappa shape index (κ1) is 47.6. The van der Waals surface area contributed by atoms with Gasteiger partial charge in [-0.3, -0.25) is 38.4 Å². The van der Waals surface area contributed by atoms with Crippen LogP contribution in [0, 0.1) is 5.92 Å². The van der Waals surface area contributed by atoms with Crippen LogP contribution < -0.4 is 40.2 Å². The minimum Gasteiger partial charge on any atom is -0.427 e. The number of amides is 4. The highest BCUT2D eigenvalue weighted by Crippen LogP contribution is 2.40. The van der Waals surface area contributed by atoms with Crippen molar-refractivity contribution in [2.24, 2.45) is 5.92 Å². The number of rotatable bonds is 17. The lowest BCUT2D eigenvalue weighted by Crippen LogP contribution is -2.51. The molecule has 2 unspecified atom stereocenters. The monoisotopic (exact) mass is 915 g/mol. The zero-order valence-electron chi connectivity index (χ0n) is 34.9. The summed E-state index contributed by atoms with van der Waals surface area (Å²) in [4.78, 5) is 105. The first-order valence-corrected chi connectivity index (χ1v) is 19.9. The Hall–Kier alpha value is -7.08. The van der Waals surface area contributed by atoms with E-state index >= 15 is 0 Å². The topological polar surface area (TPSA) is 237 Å². The number of esters is 4. The van der Waals surface area contributed by atoms with E-state index in [-0.39, 0.29) is 35.8 Å². The van der Waals surface area contributed by atoms with Gasteiger partial charge in [-0.2, -0.15) is 0 Å². The van der Waals surface area contributed by atoms with Crippen LogP contribution in [-0.4, -0.2) is 64.6 Å². The van der Waals surface area contributed by atoms with Crippen molar-refractivity contribution in [1.82, 2.24) is 26.3 Å². The number of hydrogen-bond donors (Lipinski definition) is 5. The van der Waals surface area contributed by atoms with Gasteiger partial charge in [0.1, 0.15) is 23.5 Å². The van der Waals surface area contributed by atoms with Crippen LogP contribution in [0.3, 0.4) is 0 Å². The van der Waals surface area contributed by atoms with Crippen molar-refractivity contribution in [3.63, 3.8) is 0 Å². The molecule has 0 saturated carbocycles. The highest BCUT2D eigenvalue weighted by atomic mass is 79.9. The van der Waals surface area contributed by atoms with Crippen molar-refractivity contribution in [1.29, 1.82) is 0 Å². The van der Waals surface area contributed by atoms with Crippen LogP contribution in [0.5, 0.6) is 23.0 Å². The molecule has 2 atom stereocenters. The quantitative estimate of drug-likeness (QED) is 0.0525. The molecule has 5 N–H and O–H groups in total. The van der Waals surface area contributed by atoms with Gasteiger partial charge < -0.3 is 45.2 Å². The Bertz CT molecular complexity index is 2400. The Morgan fingerprint density at radius 1 is 0.710 bits per heavy atom. The average Bonchev–Trinajstić information content (AvgIpc) is 3.56. The molecule has 0 radical (unpaired) electrons. The third kappa shape index (κ3) is 14.6. The maximum absolute atomic E-state index is 14.5. The van der Waals surface area contributed by atoms with E-state index in [1.54, 1.807) is 36.5 Å². The van der Waals surface area contributed by atoms with Crippen molar-refractivity contribution in [2.45, 2.75) is 73.4 Å². The molecule has 1 heterocycles. The maximum Gasteiger partial charge on any atom is 0.308 e. The van der Waals surface area contributed by atoms with Gasteiger partial charge in [-0.1, -0.05) is 48.0 Å². The van der Waals surface area contributed by atoms with Gasteiger partial charge in [0.25, 0.3) is 5.91 Å². The van der Waals surface area contributed by atoms with E-state index < -0.39 is 71.0 Å². The molecule has 4 rings (SSSR count). The van der Waals surface area contributed by atoms with Crippen LogP contribution in [-0.2, 0) is 44.8 Å². The Morgan fingerprint density at radius 3 is 1.89 bits per heavy atom. The van der Waals surface area contributed by atoms with Crippen molar-refractivity contribution in [2.75, 3.05) is 0 Å². The Balaban J connectivity index is 1.81. The number of H-pyrrole nitrogens is 1. The number of halogens is 1. The van der Waals surface area contributed by atoms with Crippen molar-refractivity contribution in [3.05, 3.63) is 93.9 Å². The molecule has 0 bridgehead atoms. The molecule has 326 valence electrons. The van der Waals surface area contributed by atoms with Crippen LogP contribution in [0.4, 0.5) is 0 Å². The molecule has 18 heteroatoms. The molecule has 4 aromatic rings. The van der Waals surface area contributed by atoms with Gasteiger partial charge in [-0.25, -0.2) is 0 Å². The Labute approximate surface area is 365 Å². The average molecular weight is 917 g/mol. The predicted octanol–water partition coefficient (Wildman–Crippen LogP) is 5.15. The highest BCUT2D eigenvalue weighted by Gasteiger charge is 2.28. The largest absolute Gasteiger partial charge is 0.427 e. The number of carbonyl (C=O) groups is 8. The van der Waals surface area contributed by atoms with Crippen LogP contribution in [0.15, 0.2) is 77.2 Å². The molecule has 0 aliphatic rings. The van der Waals surface area contributed by atoms with Gasteiger partial charge in [0.15, 0.2) is 11.5 Å². The summed E-state index contributed by atoms with van der Waals surface area (Å²) in [5.41, 5.74) is 1.62. The summed E-state index contributed by atoms with van der Waals surface area (Å²) < 4.78 is 21.7. The first-order chi connectivity index (χ1) is 29.3. The van der Waals surface area contributed by atoms with E-state index in [0.717, 1.165) is 42.2 Å². The number of fused-ring (bicyclic) bond motifs is 1. The Morgan fingerprint density at radius 2 is 1.32 bits per heavy atom. The Kier molecular flexibility index (Phi) is 16.9. The molecule has 0 aliphatic carbocycles. The standard InChI is InChI=1S/C44H46BrN5O12/c1-23(2)16-36(48-24(3)51)43(57)49-37(17-30-18-39(60-26(5)53)41(62-28(7)55)40(19-30)61-27(6)54)44(58)50-38(20-31-22-47-35-21-32(45)10-13-34(31)35)42(56)46-15-14-29-8-11-33(12-9-29)59-25(4)52/h8-15,17-19,21-23,36,38,47H,16,20H2,1-7H3,(H,46,56)(H,48,51)(H,49,57)(H,50,58). The third-order valence-corrected chi connectivity index (χ3v) is 8.92. The fraction of sp³-hybridized carbons (Fsp3) is 0.273. The molecule has 0 spiro atoms. The number of hydrogen-bond acceptors (Lipinski definition) is 12. The third-order valence-electron chi connectivity index (χ3n) is 8.43. The molecule has 3 aromatic carbocycles. The molecule has 0 aliphatic heterocycles. The molecule has 0 fully saturated rings. The first-order valence-electron chi connectivity index (χ1n) is 19.1. The van der Waals surface area contributed by atoms with Crippen LogP contribution in [0.2, 0.25) is 0 Å². The normalized spacial score (nSPS) is 12.2. The van der Waals surface area contributed by atoms with Gasteiger partial charge in [-0.15, -0.1) is 0 Å². The highest BCUT2D eigenvalue weighted by molar-refractivity contribution is 9.10. The fourth-order valence-corrected chi connectivity index (χ4v) is 6.37. The number of carbonyl (C=O) groups excluding carboxylic acids is 8. The minimum absolute atomic E-state index is 0.00431. The minimum atomic E-state index is -1.29. The summed E-state index contributed by atoms with van der Waals surface area (Å²) >= 11 is 3.45. The van der Waals surface area contributed by atoms with Crippen LogP contribution in [0.1, 0.15) is 71.6 Å². The summed E-state index contributed by atoms with van der Waals surface area (Å²) in [7, 11) is 0. The molecule has 1 aromatic heterocycles. The second-order valence-electron chi connectivity index (χ2n) is 14.3. The predicted molar refractivity (Wildman–Crippen MR) is 230 cm³/mol. The summed E-state index contributed by atoms with van der Waals surface area (Å²) in [5.74, 6) is -6.77. The number of aromatic nitrogens is 1. The second-order valence-corrected chi connectivity index (χ2v) is 15.2. The smallest absolute Gasteiger partial charge is 0.308 e. The van der Waals surface area contributed by atoms with Crippen molar-refractivity contribution >= 4 is 86.5 Å². The lowest BCUT2D eigenvalue weighted by Gasteiger charge is -2.22. The summed E-state index contributed by atoms with van der Waals surface area (Å²) in [6.45, 7) is 9.42. The van der Waals surface area contributed by atoms with E-state index in [0.29, 0.717) is 16.9 Å². The molecule has 0 saturated heterocycles. The van der Waals surface area contributed by atoms with Gasteiger partial charge in [0.2, 0.25) is 23.5 Å². The van der Waals surface area contributed by atoms with E-state index in [2.05, 4.69) is 42.2 Å². The zero-order valence-corrected chi connectivity index (χ0v) is 36.5. The summed E-state index contributed by atoms with van der Waals surface area (Å²) in [6, 6.07) is 12.0. The molecule has 17 nitrogen and oxygen atoms in total. The van der Waals surface area contributed by atoms with E-state index in [1.807, 2.05) is 32.0 Å². The molecule has 4 amide bonds. The number of ether oxygens (including phenoxy) is 4. The molecular weight excluding hydrogens is 870 g/mol. The molecular formula is C44H46BrN5O12. The summed E-state index contributed by atoms with van der Waals surface area (Å²) in [6.07, 6.45) is 5.95. The van der Waals surface area contributed by atoms with Crippen molar-refractivity contribution < 1.29 is 57.3 Å². The van der Waals surface area contributed by atoms with E-state index in [4.69, 9.17) is 18.9 Å². The lowest BCUT2D eigenvalue weighted by atomic mass is 10.0. The van der Waals surface area contributed by atoms with Crippen LogP contribution >= 0.6 is 15.9 Å². The van der Waals surface area contributed by atoms with Gasteiger partial charge in [0.05, 0.1) is 0 Å². The maximum atomic E-state index is 14.5.